The van der Waals surface area contributed by atoms with Gasteiger partial charge in [-0.1, -0.05) is 5.16 Å². The van der Waals surface area contributed by atoms with E-state index < -0.39 is 17.5 Å². The molecule has 19 heavy (non-hydrogen) atoms. The number of oxime groups is 1. The number of nitrogens with zero attached hydrogens (tertiary/aromatic N) is 1. The highest BCUT2D eigenvalue weighted by Crippen LogP contribution is 2.35. The Morgan fingerprint density at radius 3 is 2.79 bits per heavy atom. The fourth-order valence-electron chi connectivity index (χ4n) is 2.06. The van der Waals surface area contributed by atoms with Gasteiger partial charge in [-0.25, -0.2) is 4.39 Å². The average molecular weight is 329 g/mol. The van der Waals surface area contributed by atoms with Crippen molar-refractivity contribution in [1.29, 1.82) is 0 Å². The predicted octanol–water partition coefficient (Wildman–Crippen LogP) is 2.51. The molecule has 0 fully saturated rings. The number of anilines is 1. The Bertz CT molecular complexity index is 613. The van der Waals surface area contributed by atoms with Crippen LogP contribution in [0.2, 0.25) is 0 Å². The van der Waals surface area contributed by atoms with E-state index in [1.165, 1.54) is 6.92 Å². The van der Waals surface area contributed by atoms with Crippen molar-refractivity contribution in [3.05, 3.63) is 27.5 Å². The fourth-order valence-corrected chi connectivity index (χ4v) is 2.57. The lowest BCUT2D eigenvalue weighted by Crippen LogP contribution is -2.25. The van der Waals surface area contributed by atoms with Gasteiger partial charge in [0.05, 0.1) is 15.7 Å². The van der Waals surface area contributed by atoms with E-state index in [0.29, 0.717) is 12.0 Å². The van der Waals surface area contributed by atoms with Crippen molar-refractivity contribution in [1.82, 2.24) is 0 Å². The molecular formula is C12H10BrFN2O3. The Labute approximate surface area is 116 Å². The first-order valence-corrected chi connectivity index (χ1v) is 6.29. The summed E-state index contributed by atoms with van der Waals surface area (Å²) >= 11 is 3.09. The number of carbonyl (C=O) groups excluding carboxylic acids is 2. The highest BCUT2D eigenvalue weighted by atomic mass is 79.9. The first kappa shape index (κ1) is 13.7. The zero-order valence-electron chi connectivity index (χ0n) is 9.96. The molecular weight excluding hydrogens is 319 g/mol. The monoisotopic (exact) mass is 328 g/mol. The van der Waals surface area contributed by atoms with E-state index in [9.17, 15) is 14.0 Å². The number of nitrogens with one attached hydrogen (secondary N) is 1. The maximum atomic E-state index is 13.7. The second kappa shape index (κ2) is 5.08. The van der Waals surface area contributed by atoms with Crippen LogP contribution in [-0.2, 0) is 11.2 Å². The van der Waals surface area contributed by atoms with Crippen molar-refractivity contribution in [3.63, 3.8) is 0 Å². The van der Waals surface area contributed by atoms with E-state index in [1.54, 1.807) is 0 Å². The third-order valence-electron chi connectivity index (χ3n) is 2.85. The molecule has 0 aromatic heterocycles. The first-order chi connectivity index (χ1) is 8.95. The summed E-state index contributed by atoms with van der Waals surface area (Å²) in [5.74, 6) is -1.47. The van der Waals surface area contributed by atoms with Gasteiger partial charge in [0.15, 0.2) is 0 Å². The van der Waals surface area contributed by atoms with Gasteiger partial charge in [-0.05, 0) is 34.0 Å². The van der Waals surface area contributed by atoms with Crippen LogP contribution in [0.25, 0.3) is 0 Å². The summed E-state index contributed by atoms with van der Waals surface area (Å²) in [6.07, 6.45) is 0.579. The number of benzene rings is 1. The number of fused-ring (bicyclic) bond motifs is 1. The lowest BCUT2D eigenvalue weighted by molar-refractivity contribution is -0.114. The smallest absolute Gasteiger partial charge is 0.221 e. The summed E-state index contributed by atoms with van der Waals surface area (Å²) in [4.78, 5) is 23.2. The minimum absolute atomic E-state index is 0.00221. The van der Waals surface area contributed by atoms with E-state index in [1.807, 2.05) is 0 Å². The molecule has 0 saturated heterocycles. The van der Waals surface area contributed by atoms with Gasteiger partial charge in [-0.15, -0.1) is 0 Å². The van der Waals surface area contributed by atoms with Crippen molar-refractivity contribution in [3.8, 4) is 0 Å². The first-order valence-electron chi connectivity index (χ1n) is 5.49. The zero-order chi connectivity index (χ0) is 14.2. The van der Waals surface area contributed by atoms with Gasteiger partial charge >= 0.3 is 0 Å². The van der Waals surface area contributed by atoms with Crippen LogP contribution in [0.4, 0.5) is 10.1 Å². The van der Waals surface area contributed by atoms with Crippen LogP contribution in [-0.4, -0.2) is 22.6 Å². The van der Waals surface area contributed by atoms with Crippen molar-refractivity contribution < 1.29 is 19.2 Å². The minimum atomic E-state index is -0.556. The lowest BCUT2D eigenvalue weighted by atomic mass is 9.87. The molecule has 1 amide bonds. The number of hydrogen-bond acceptors (Lipinski definition) is 4. The standard InChI is InChI=1S/C12H10BrFN2O3/c1-5(17)15-9-4-7(14)11(13)6-2-3-8(16-19)12(18)10(6)9/h4,19H,2-3H2,1H3,(H,15,17)/b16-8+. The second-order valence-electron chi connectivity index (χ2n) is 4.13. The number of rotatable bonds is 1. The molecule has 0 heterocycles. The molecule has 0 unspecified atom stereocenters. The van der Waals surface area contributed by atoms with Gasteiger partial charge in [-0.2, -0.15) is 0 Å². The maximum Gasteiger partial charge on any atom is 0.221 e. The Kier molecular flexibility index (Phi) is 3.66. The molecule has 2 N–H and O–H groups in total. The number of amides is 1. The number of carbonyl (C=O) groups is 2. The molecule has 0 spiro atoms. The molecule has 0 saturated carbocycles. The van der Waals surface area contributed by atoms with Crippen LogP contribution in [0.1, 0.15) is 29.3 Å². The summed E-state index contributed by atoms with van der Waals surface area (Å²) in [6, 6.07) is 1.07. The number of Topliss-reactive ketones (excluding diaryl/α,β-unsaturated/α-hetero) is 1. The summed E-state index contributed by atoms with van der Waals surface area (Å²) < 4.78 is 13.9. The van der Waals surface area contributed by atoms with Crippen LogP contribution in [0.15, 0.2) is 15.7 Å². The molecule has 1 aliphatic rings. The molecule has 2 rings (SSSR count). The van der Waals surface area contributed by atoms with Gasteiger partial charge in [-0.3, -0.25) is 9.59 Å². The van der Waals surface area contributed by atoms with Gasteiger partial charge in [0.25, 0.3) is 0 Å². The zero-order valence-corrected chi connectivity index (χ0v) is 11.5. The molecule has 7 heteroatoms. The van der Waals surface area contributed by atoms with E-state index >= 15 is 0 Å². The molecule has 0 radical (unpaired) electrons. The Morgan fingerprint density at radius 2 is 2.21 bits per heavy atom. The number of halogens is 2. The van der Waals surface area contributed by atoms with Crippen LogP contribution in [0.5, 0.6) is 0 Å². The molecule has 1 aliphatic carbocycles. The van der Waals surface area contributed by atoms with Gasteiger partial charge in [0.2, 0.25) is 11.7 Å². The van der Waals surface area contributed by atoms with Crippen LogP contribution in [0, 0.1) is 5.82 Å². The second-order valence-corrected chi connectivity index (χ2v) is 4.92. The molecule has 0 atom stereocenters. The quantitative estimate of drug-likeness (QED) is 0.614. The third-order valence-corrected chi connectivity index (χ3v) is 3.71. The van der Waals surface area contributed by atoms with Crippen LogP contribution < -0.4 is 5.32 Å². The maximum absolute atomic E-state index is 13.7. The molecule has 0 bridgehead atoms. The molecule has 1 aromatic carbocycles. The highest BCUT2D eigenvalue weighted by molar-refractivity contribution is 9.10. The summed E-state index contributed by atoms with van der Waals surface area (Å²) in [6.45, 7) is 1.26. The fraction of sp³-hybridized carbons (Fsp3) is 0.250. The van der Waals surface area contributed by atoms with Crippen LogP contribution in [0.3, 0.4) is 0 Å². The lowest BCUT2D eigenvalue weighted by Gasteiger charge is -2.20. The topological polar surface area (TPSA) is 78.8 Å². The van der Waals surface area contributed by atoms with Crippen molar-refractivity contribution in [2.24, 2.45) is 5.16 Å². The van der Waals surface area contributed by atoms with Gasteiger partial charge in [0, 0.05) is 13.3 Å². The number of ketones is 1. The number of hydrogen-bond donors (Lipinski definition) is 2. The SMILES string of the molecule is CC(=O)Nc1cc(F)c(Br)c2c1C(=O)/C(=N/O)CC2. The highest BCUT2D eigenvalue weighted by Gasteiger charge is 2.30. The third kappa shape index (κ3) is 2.37. The molecule has 5 nitrogen and oxygen atoms in total. The Balaban J connectivity index is 2.67. The van der Waals surface area contributed by atoms with Crippen molar-refractivity contribution in [2.45, 2.75) is 19.8 Å². The van der Waals surface area contributed by atoms with E-state index in [0.717, 1.165) is 6.07 Å². The van der Waals surface area contributed by atoms with E-state index in [-0.39, 0.29) is 27.9 Å². The van der Waals surface area contributed by atoms with Gasteiger partial charge < -0.3 is 10.5 Å². The molecule has 1 aromatic rings. The molecule has 100 valence electrons. The minimum Gasteiger partial charge on any atom is -0.411 e. The van der Waals surface area contributed by atoms with Crippen molar-refractivity contribution in [2.75, 3.05) is 5.32 Å². The predicted molar refractivity (Wildman–Crippen MR) is 70.3 cm³/mol. The van der Waals surface area contributed by atoms with Gasteiger partial charge in [0.1, 0.15) is 11.5 Å². The van der Waals surface area contributed by atoms with Crippen LogP contribution >= 0.6 is 15.9 Å². The Morgan fingerprint density at radius 1 is 1.53 bits per heavy atom. The average Bonchev–Trinajstić information content (AvgIpc) is 2.34. The van der Waals surface area contributed by atoms with Crippen molar-refractivity contribution >= 4 is 39.0 Å². The summed E-state index contributed by atoms with van der Waals surface area (Å²) in [5.41, 5.74) is 0.732. The van der Waals surface area contributed by atoms with E-state index in [4.69, 9.17) is 5.21 Å². The largest absolute Gasteiger partial charge is 0.411 e. The summed E-state index contributed by atoms with van der Waals surface area (Å²) in [7, 11) is 0. The summed E-state index contributed by atoms with van der Waals surface area (Å²) in [5, 5.41) is 14.1. The van der Waals surface area contributed by atoms with E-state index in [2.05, 4.69) is 26.4 Å². The normalized spacial score (nSPS) is 16.4. The Hall–Kier alpha value is -1.76. The molecule has 0 aliphatic heterocycles.